The van der Waals surface area contributed by atoms with Gasteiger partial charge < -0.3 is 9.31 Å². The average Bonchev–Trinajstić information content (AvgIpc) is 2.84. The number of hydrogen-bond donors (Lipinski definition) is 1. The minimum atomic E-state index is -0.533. The van der Waals surface area contributed by atoms with Crippen molar-refractivity contribution < 1.29 is 9.31 Å². The van der Waals surface area contributed by atoms with Crippen molar-refractivity contribution in [3.63, 3.8) is 0 Å². The zero-order valence-corrected chi connectivity index (χ0v) is 16.7. The van der Waals surface area contributed by atoms with Gasteiger partial charge in [0, 0.05) is 0 Å². The quantitative estimate of drug-likeness (QED) is 0.695. The Morgan fingerprint density at radius 1 is 0.929 bits per heavy atom. The van der Waals surface area contributed by atoms with Crippen LogP contribution < -0.4 is 16.7 Å². The molecule has 1 N–H and O–H groups in total. The molecule has 7 heteroatoms. The van der Waals surface area contributed by atoms with Crippen LogP contribution in [-0.4, -0.2) is 27.9 Å². The van der Waals surface area contributed by atoms with Gasteiger partial charge in [-0.05, 0) is 63.8 Å². The minimum absolute atomic E-state index is 0.392. The molecule has 0 bridgehead atoms. The molecule has 0 saturated carbocycles. The molecule has 2 aromatic carbocycles. The summed E-state index contributed by atoms with van der Waals surface area (Å²) in [6.07, 6.45) is 0. The van der Waals surface area contributed by atoms with E-state index in [1.165, 1.54) is 4.57 Å². The summed E-state index contributed by atoms with van der Waals surface area (Å²) in [5.74, 6) is 0. The molecule has 0 radical (unpaired) electrons. The second-order valence-electron chi connectivity index (χ2n) is 8.19. The number of para-hydroxylation sites is 1. The Labute approximate surface area is 163 Å². The maximum absolute atomic E-state index is 12.7. The van der Waals surface area contributed by atoms with E-state index >= 15 is 0 Å². The number of aromatic amines is 1. The van der Waals surface area contributed by atoms with E-state index in [0.29, 0.717) is 16.6 Å². The maximum atomic E-state index is 12.7. The molecule has 0 amide bonds. The molecule has 4 rings (SSSR count). The van der Waals surface area contributed by atoms with Gasteiger partial charge in [0.05, 0.1) is 27.8 Å². The number of rotatable bonds is 2. The third kappa shape index (κ3) is 2.74. The lowest BCUT2D eigenvalue weighted by Crippen LogP contribution is -2.41. The van der Waals surface area contributed by atoms with E-state index in [4.69, 9.17) is 9.31 Å². The van der Waals surface area contributed by atoms with Crippen molar-refractivity contribution >= 4 is 23.5 Å². The van der Waals surface area contributed by atoms with E-state index in [1.54, 1.807) is 18.2 Å². The molecule has 0 spiro atoms. The molecule has 144 valence electrons. The number of fused-ring (bicyclic) bond motifs is 1. The van der Waals surface area contributed by atoms with Crippen LogP contribution in [0.5, 0.6) is 0 Å². The monoisotopic (exact) mass is 378 g/mol. The number of aromatic nitrogens is 2. The lowest BCUT2D eigenvalue weighted by molar-refractivity contribution is 0.00578. The molecular weight excluding hydrogens is 355 g/mol. The number of hydrogen-bond acceptors (Lipinski definition) is 4. The average molecular weight is 378 g/mol. The first-order chi connectivity index (χ1) is 13.1. The first kappa shape index (κ1) is 18.7. The predicted molar refractivity (Wildman–Crippen MR) is 111 cm³/mol. The number of nitrogens with zero attached hydrogens (tertiary/aromatic N) is 1. The van der Waals surface area contributed by atoms with E-state index in [9.17, 15) is 9.59 Å². The summed E-state index contributed by atoms with van der Waals surface area (Å²) in [4.78, 5) is 27.3. The van der Waals surface area contributed by atoms with Gasteiger partial charge in [0.1, 0.15) is 0 Å². The molecule has 1 aromatic heterocycles. The van der Waals surface area contributed by atoms with Crippen LogP contribution >= 0.6 is 0 Å². The van der Waals surface area contributed by atoms with E-state index in [1.807, 2.05) is 58.9 Å². The molecular formula is C21H23BN2O4. The Kier molecular flexibility index (Phi) is 4.14. The minimum Gasteiger partial charge on any atom is -0.399 e. The van der Waals surface area contributed by atoms with Crippen molar-refractivity contribution in [3.8, 4) is 5.69 Å². The van der Waals surface area contributed by atoms with Gasteiger partial charge in [0.15, 0.2) is 0 Å². The van der Waals surface area contributed by atoms with Crippen LogP contribution in [0.1, 0.15) is 33.3 Å². The topological polar surface area (TPSA) is 73.3 Å². The molecule has 0 aliphatic carbocycles. The maximum Gasteiger partial charge on any atom is 0.495 e. The zero-order valence-electron chi connectivity index (χ0n) is 16.7. The fraction of sp³-hybridized carbons (Fsp3) is 0.333. The molecule has 0 atom stereocenters. The van der Waals surface area contributed by atoms with Crippen LogP contribution in [0.15, 0.2) is 52.1 Å². The van der Waals surface area contributed by atoms with Gasteiger partial charge in [-0.15, -0.1) is 0 Å². The molecule has 0 unspecified atom stereocenters. The van der Waals surface area contributed by atoms with Crippen LogP contribution in [0.3, 0.4) is 0 Å². The van der Waals surface area contributed by atoms with E-state index < -0.39 is 29.6 Å². The fourth-order valence-corrected chi connectivity index (χ4v) is 3.54. The van der Waals surface area contributed by atoms with Crippen LogP contribution in [0.25, 0.3) is 16.6 Å². The summed E-state index contributed by atoms with van der Waals surface area (Å²) in [7, 11) is -0.533. The van der Waals surface area contributed by atoms with Crippen molar-refractivity contribution in [2.45, 2.75) is 45.8 Å². The molecule has 6 nitrogen and oxygen atoms in total. The summed E-state index contributed by atoms with van der Waals surface area (Å²) in [6, 6.07) is 12.7. The SMILES string of the molecule is Cc1c(B2OC(C)(C)C(C)(C)O2)cccc1-n1c(=O)[nH]c(=O)c2ccccc21. The standard InChI is InChI=1S/C21H23BN2O4/c1-13-15(22-27-20(2,3)21(4,5)28-22)10-8-12-16(13)24-17-11-7-6-9-14(17)18(25)23-19(24)26/h6-12H,1-5H3,(H,23,25,26). The van der Waals surface area contributed by atoms with Gasteiger partial charge in [-0.25, -0.2) is 4.79 Å². The third-order valence-electron chi connectivity index (χ3n) is 5.91. The van der Waals surface area contributed by atoms with Gasteiger partial charge in [-0.2, -0.15) is 0 Å². The molecule has 2 heterocycles. The van der Waals surface area contributed by atoms with E-state index in [-0.39, 0.29) is 0 Å². The summed E-state index contributed by atoms with van der Waals surface area (Å²) >= 11 is 0. The lowest BCUT2D eigenvalue weighted by Gasteiger charge is -2.32. The number of nitrogens with one attached hydrogen (secondary N) is 1. The first-order valence-corrected chi connectivity index (χ1v) is 9.32. The highest BCUT2D eigenvalue weighted by Crippen LogP contribution is 2.36. The molecule has 28 heavy (non-hydrogen) atoms. The third-order valence-corrected chi connectivity index (χ3v) is 5.91. The van der Waals surface area contributed by atoms with Crippen LogP contribution in [0, 0.1) is 6.92 Å². The first-order valence-electron chi connectivity index (χ1n) is 9.32. The predicted octanol–water partition coefficient (Wildman–Crippen LogP) is 2.29. The second kappa shape index (κ2) is 6.19. The van der Waals surface area contributed by atoms with E-state index in [2.05, 4.69) is 4.98 Å². The fourth-order valence-electron chi connectivity index (χ4n) is 3.54. The highest BCUT2D eigenvalue weighted by atomic mass is 16.7. The largest absolute Gasteiger partial charge is 0.495 e. The van der Waals surface area contributed by atoms with Crippen molar-refractivity contribution in [3.05, 3.63) is 68.9 Å². The van der Waals surface area contributed by atoms with E-state index in [0.717, 1.165) is 11.0 Å². The van der Waals surface area contributed by atoms with Crippen LogP contribution in [0.2, 0.25) is 0 Å². The summed E-state index contributed by atoms with van der Waals surface area (Å²) < 4.78 is 13.9. The normalized spacial score (nSPS) is 18.0. The van der Waals surface area contributed by atoms with Gasteiger partial charge in [-0.3, -0.25) is 14.3 Å². The Hall–Kier alpha value is -2.64. The second-order valence-corrected chi connectivity index (χ2v) is 8.19. The molecule has 1 aliphatic heterocycles. The van der Waals surface area contributed by atoms with Crippen molar-refractivity contribution in [1.29, 1.82) is 0 Å². The summed E-state index contributed by atoms with van der Waals surface area (Å²) in [5.41, 5.74) is 1.19. The molecule has 1 saturated heterocycles. The van der Waals surface area contributed by atoms with Crippen LogP contribution in [0.4, 0.5) is 0 Å². The number of benzene rings is 2. The van der Waals surface area contributed by atoms with Gasteiger partial charge in [0.25, 0.3) is 5.56 Å². The summed E-state index contributed by atoms with van der Waals surface area (Å²) in [6.45, 7) is 9.96. The smallest absolute Gasteiger partial charge is 0.399 e. The molecule has 1 aliphatic rings. The Morgan fingerprint density at radius 3 is 2.25 bits per heavy atom. The van der Waals surface area contributed by atoms with Crippen molar-refractivity contribution in [1.82, 2.24) is 9.55 Å². The zero-order chi connectivity index (χ0) is 20.3. The Morgan fingerprint density at radius 2 is 1.57 bits per heavy atom. The molecule has 3 aromatic rings. The van der Waals surface area contributed by atoms with Gasteiger partial charge in [0.2, 0.25) is 0 Å². The van der Waals surface area contributed by atoms with Gasteiger partial charge >= 0.3 is 12.8 Å². The van der Waals surface area contributed by atoms with Gasteiger partial charge in [-0.1, -0.05) is 24.3 Å². The van der Waals surface area contributed by atoms with Crippen LogP contribution in [-0.2, 0) is 9.31 Å². The highest BCUT2D eigenvalue weighted by molar-refractivity contribution is 6.62. The number of H-pyrrole nitrogens is 1. The van der Waals surface area contributed by atoms with Crippen molar-refractivity contribution in [2.75, 3.05) is 0 Å². The lowest BCUT2D eigenvalue weighted by atomic mass is 9.76. The van der Waals surface area contributed by atoms with Crippen molar-refractivity contribution in [2.24, 2.45) is 0 Å². The summed E-state index contributed by atoms with van der Waals surface area (Å²) in [5, 5.41) is 0.461. The Balaban J connectivity index is 1.92. The Bertz CT molecular complexity index is 1180. The molecule has 1 fully saturated rings. The highest BCUT2D eigenvalue weighted by Gasteiger charge is 2.52.